The number of carboxylic acid groups (broad SMARTS) is 1. The van der Waals surface area contributed by atoms with Gasteiger partial charge in [-0.3, -0.25) is 4.79 Å². The highest BCUT2D eigenvalue weighted by molar-refractivity contribution is 5.75. The molecule has 1 rings (SSSR count). The number of alkyl halides is 4. The van der Waals surface area contributed by atoms with Crippen molar-refractivity contribution in [1.29, 1.82) is 0 Å². The van der Waals surface area contributed by atoms with Crippen molar-refractivity contribution in [1.82, 2.24) is 0 Å². The fourth-order valence-corrected chi connectivity index (χ4v) is 1.12. The quantitative estimate of drug-likeness (QED) is 0.800. The predicted octanol–water partition coefficient (Wildman–Crippen LogP) is 2.01. The Labute approximate surface area is 99.0 Å². The minimum atomic E-state index is -4.65. The predicted molar refractivity (Wildman–Crippen MR) is 52.6 cm³/mol. The Morgan fingerprint density at radius 1 is 1.39 bits per heavy atom. The number of carbonyl (C=O) groups is 1. The Bertz CT molecular complexity index is 439. The van der Waals surface area contributed by atoms with Gasteiger partial charge in [0.15, 0.2) is 0 Å². The van der Waals surface area contributed by atoms with E-state index in [0.29, 0.717) is 0 Å². The van der Waals surface area contributed by atoms with Crippen LogP contribution in [0.3, 0.4) is 0 Å². The van der Waals surface area contributed by atoms with Crippen LogP contribution in [0.15, 0.2) is 24.3 Å². The number of ether oxygens (including phenoxy) is 1. The summed E-state index contributed by atoms with van der Waals surface area (Å²) in [6, 6.07) is 2.85. The molecule has 1 atom stereocenters. The topological polar surface area (TPSA) is 72.6 Å². The van der Waals surface area contributed by atoms with Gasteiger partial charge < -0.3 is 15.6 Å². The number of nitrogens with two attached hydrogens (primary N) is 1. The van der Waals surface area contributed by atoms with Crippen LogP contribution in [0.25, 0.3) is 0 Å². The van der Waals surface area contributed by atoms with E-state index in [-0.39, 0.29) is 5.56 Å². The smallest absolute Gasteiger partial charge is 0.461 e. The van der Waals surface area contributed by atoms with Crippen molar-refractivity contribution in [2.75, 3.05) is 0 Å². The summed E-state index contributed by atoms with van der Waals surface area (Å²) in [5.41, 5.74) is 5.20. The van der Waals surface area contributed by atoms with Crippen LogP contribution in [0.4, 0.5) is 17.6 Å². The Morgan fingerprint density at radius 2 is 2.00 bits per heavy atom. The van der Waals surface area contributed by atoms with Gasteiger partial charge in [-0.1, -0.05) is 12.1 Å². The van der Waals surface area contributed by atoms with Gasteiger partial charge in [-0.25, -0.2) is 0 Å². The van der Waals surface area contributed by atoms with Gasteiger partial charge in [0.05, 0.1) is 0 Å². The van der Waals surface area contributed by atoms with Crippen LogP contribution >= 0.6 is 0 Å². The van der Waals surface area contributed by atoms with Crippen molar-refractivity contribution < 1.29 is 32.2 Å². The molecule has 0 spiro atoms. The molecule has 0 saturated carbocycles. The molecule has 0 saturated heterocycles. The molecule has 0 amide bonds. The Balaban J connectivity index is 2.93. The highest BCUT2D eigenvalue weighted by atomic mass is 19.3. The first-order valence-corrected chi connectivity index (χ1v) is 4.67. The summed E-state index contributed by atoms with van der Waals surface area (Å²) in [4.78, 5) is 10.6. The van der Waals surface area contributed by atoms with Crippen LogP contribution in [0.2, 0.25) is 0 Å². The molecular weight excluding hydrogens is 258 g/mol. The largest absolute Gasteiger partial charge is 0.480 e. The van der Waals surface area contributed by atoms with Crippen LogP contribution < -0.4 is 10.5 Å². The van der Waals surface area contributed by atoms with Gasteiger partial charge in [0.1, 0.15) is 11.8 Å². The van der Waals surface area contributed by atoms with Crippen molar-refractivity contribution in [2.24, 2.45) is 5.73 Å². The Hall–Kier alpha value is -1.83. The van der Waals surface area contributed by atoms with E-state index >= 15 is 0 Å². The third-order valence-corrected chi connectivity index (χ3v) is 1.99. The number of carboxylic acids is 1. The first kappa shape index (κ1) is 14.2. The lowest BCUT2D eigenvalue weighted by Gasteiger charge is -2.17. The molecule has 0 bridgehead atoms. The zero-order valence-electron chi connectivity index (χ0n) is 8.82. The van der Waals surface area contributed by atoms with Gasteiger partial charge in [-0.05, 0) is 17.7 Å². The fourth-order valence-electron chi connectivity index (χ4n) is 1.12. The lowest BCUT2D eigenvalue weighted by atomic mass is 10.1. The van der Waals surface area contributed by atoms with Crippen LogP contribution in [0.5, 0.6) is 5.75 Å². The Kier molecular flexibility index (Phi) is 4.12. The van der Waals surface area contributed by atoms with Crippen LogP contribution in [0.1, 0.15) is 11.6 Å². The van der Waals surface area contributed by atoms with E-state index < -0.39 is 30.3 Å². The number of hydrogen-bond donors (Lipinski definition) is 2. The molecule has 0 unspecified atom stereocenters. The lowest BCUT2D eigenvalue weighted by molar-refractivity contribution is -0.253. The second-order valence-corrected chi connectivity index (χ2v) is 3.35. The highest BCUT2D eigenvalue weighted by Gasteiger charge is 2.44. The number of benzene rings is 1. The average Bonchev–Trinajstić information content (AvgIpc) is 2.27. The van der Waals surface area contributed by atoms with E-state index in [0.717, 1.165) is 12.1 Å². The van der Waals surface area contributed by atoms with Gasteiger partial charge in [0, 0.05) is 0 Å². The molecule has 3 N–H and O–H groups in total. The van der Waals surface area contributed by atoms with Crippen LogP contribution in [0, 0.1) is 0 Å². The third-order valence-electron chi connectivity index (χ3n) is 1.99. The maximum atomic E-state index is 12.6. The molecule has 4 nitrogen and oxygen atoms in total. The van der Waals surface area contributed by atoms with E-state index in [2.05, 4.69) is 4.74 Å². The minimum absolute atomic E-state index is 0.0370. The fraction of sp³-hybridized carbons (Fsp3) is 0.300. The summed E-state index contributed by atoms with van der Waals surface area (Å²) in [7, 11) is 0. The maximum absolute atomic E-state index is 12.6. The molecule has 0 aromatic heterocycles. The van der Waals surface area contributed by atoms with E-state index in [1.165, 1.54) is 12.1 Å². The van der Waals surface area contributed by atoms with Gasteiger partial charge in [-0.15, -0.1) is 0 Å². The van der Waals surface area contributed by atoms with E-state index in [1.807, 2.05) is 0 Å². The van der Waals surface area contributed by atoms with Gasteiger partial charge in [-0.2, -0.15) is 17.6 Å². The molecule has 1 aromatic rings. The number of rotatable bonds is 5. The number of aliphatic carboxylic acids is 1. The van der Waals surface area contributed by atoms with Crippen molar-refractivity contribution in [3.63, 3.8) is 0 Å². The number of halogens is 4. The molecule has 18 heavy (non-hydrogen) atoms. The lowest BCUT2D eigenvalue weighted by Crippen LogP contribution is -2.33. The second kappa shape index (κ2) is 5.21. The van der Waals surface area contributed by atoms with Gasteiger partial charge in [0.25, 0.3) is 0 Å². The standard InChI is InChI=1S/C10H9F4NO3/c11-9(12)10(13,14)18-6-3-1-2-5(4-6)7(15)8(16)17/h1-4,7,9H,15H2,(H,16,17)/t7-/m0/s1. The van der Waals surface area contributed by atoms with Crippen molar-refractivity contribution in [3.05, 3.63) is 29.8 Å². The summed E-state index contributed by atoms with van der Waals surface area (Å²) < 4.78 is 52.8. The van der Waals surface area contributed by atoms with Gasteiger partial charge in [0.2, 0.25) is 0 Å². The molecule has 0 aliphatic rings. The first-order chi connectivity index (χ1) is 8.24. The SMILES string of the molecule is N[C@H](C(=O)O)c1cccc(OC(F)(F)C(F)F)c1. The average molecular weight is 267 g/mol. The molecule has 0 fully saturated rings. The molecule has 1 aromatic carbocycles. The molecule has 0 radical (unpaired) electrons. The van der Waals surface area contributed by atoms with Crippen molar-refractivity contribution in [3.8, 4) is 5.75 Å². The molecule has 8 heteroatoms. The highest BCUT2D eigenvalue weighted by Crippen LogP contribution is 2.28. The first-order valence-electron chi connectivity index (χ1n) is 4.67. The summed E-state index contributed by atoms with van der Waals surface area (Å²) in [5, 5.41) is 8.61. The third kappa shape index (κ3) is 3.33. The summed E-state index contributed by atoms with van der Waals surface area (Å²) in [6.07, 6.45) is -8.64. The van der Waals surface area contributed by atoms with Crippen LogP contribution in [-0.2, 0) is 4.79 Å². The van der Waals surface area contributed by atoms with E-state index in [9.17, 15) is 22.4 Å². The van der Waals surface area contributed by atoms with Crippen molar-refractivity contribution >= 4 is 5.97 Å². The monoisotopic (exact) mass is 267 g/mol. The molecule has 0 aliphatic carbocycles. The number of hydrogen-bond acceptors (Lipinski definition) is 3. The zero-order valence-corrected chi connectivity index (χ0v) is 8.82. The van der Waals surface area contributed by atoms with E-state index in [1.54, 1.807) is 0 Å². The minimum Gasteiger partial charge on any atom is -0.480 e. The molecule has 0 heterocycles. The van der Waals surface area contributed by atoms with Crippen molar-refractivity contribution in [2.45, 2.75) is 18.6 Å². The van der Waals surface area contributed by atoms with E-state index in [4.69, 9.17) is 10.8 Å². The summed E-state index contributed by atoms with van der Waals surface area (Å²) in [6.45, 7) is 0. The maximum Gasteiger partial charge on any atom is 0.461 e. The summed E-state index contributed by atoms with van der Waals surface area (Å²) >= 11 is 0. The van der Waals surface area contributed by atoms with Gasteiger partial charge >= 0.3 is 18.5 Å². The normalized spacial score (nSPS) is 13.4. The second-order valence-electron chi connectivity index (χ2n) is 3.35. The zero-order chi connectivity index (χ0) is 13.9. The molecule has 100 valence electrons. The molecule has 0 aliphatic heterocycles. The summed E-state index contributed by atoms with van der Waals surface area (Å²) in [5.74, 6) is -1.97. The van der Waals surface area contributed by atoms with Crippen LogP contribution in [-0.4, -0.2) is 23.6 Å². The molecular formula is C10H9F4NO3. The Morgan fingerprint density at radius 3 is 2.50 bits per heavy atom.